The van der Waals surface area contributed by atoms with Gasteiger partial charge in [-0.2, -0.15) is 5.26 Å². The number of ether oxygens (including phenoxy) is 3. The summed E-state index contributed by atoms with van der Waals surface area (Å²) in [6.07, 6.45) is -0.761. The highest BCUT2D eigenvalue weighted by atomic mass is 16.5. The first kappa shape index (κ1) is 13.3. The number of rotatable bonds is 6. The van der Waals surface area contributed by atoms with E-state index in [-0.39, 0.29) is 13.2 Å². The highest BCUT2D eigenvalue weighted by Crippen LogP contribution is 2.30. The van der Waals surface area contributed by atoms with Crippen LogP contribution in [0.5, 0.6) is 11.5 Å². The lowest BCUT2D eigenvalue weighted by molar-refractivity contribution is 0.0568. The number of hydrogen-bond acceptors (Lipinski definition) is 5. The van der Waals surface area contributed by atoms with Crippen molar-refractivity contribution in [2.75, 3.05) is 27.4 Å². The average molecular weight is 237 g/mol. The fourth-order valence-corrected chi connectivity index (χ4v) is 1.40. The minimum absolute atomic E-state index is 0.105. The Bertz CT molecular complexity index is 400. The van der Waals surface area contributed by atoms with Gasteiger partial charge in [-0.05, 0) is 12.1 Å². The molecule has 0 fully saturated rings. The molecule has 0 bridgehead atoms. The van der Waals surface area contributed by atoms with E-state index >= 15 is 0 Å². The molecule has 0 radical (unpaired) electrons. The van der Waals surface area contributed by atoms with Gasteiger partial charge in [0, 0.05) is 11.6 Å². The second kappa shape index (κ2) is 6.74. The molecule has 1 rings (SSSR count). The molecule has 0 amide bonds. The molecule has 0 heterocycles. The van der Waals surface area contributed by atoms with Crippen molar-refractivity contribution in [1.82, 2.24) is 0 Å². The summed E-state index contributed by atoms with van der Waals surface area (Å²) in [7, 11) is 3.07. The van der Waals surface area contributed by atoms with Gasteiger partial charge in [0.25, 0.3) is 0 Å². The van der Waals surface area contributed by atoms with E-state index in [0.717, 1.165) is 0 Å². The van der Waals surface area contributed by atoms with Crippen molar-refractivity contribution in [3.63, 3.8) is 0 Å². The lowest BCUT2D eigenvalue weighted by Gasteiger charge is -2.14. The van der Waals surface area contributed by atoms with E-state index in [2.05, 4.69) is 0 Å². The summed E-state index contributed by atoms with van der Waals surface area (Å²) in [5, 5.41) is 17.7. The molecule has 1 aromatic carbocycles. The van der Waals surface area contributed by atoms with E-state index in [1.807, 2.05) is 6.07 Å². The molecule has 0 aromatic heterocycles. The summed E-state index contributed by atoms with van der Waals surface area (Å²) in [6, 6.07) is 7.13. The molecule has 5 heteroatoms. The van der Waals surface area contributed by atoms with E-state index in [9.17, 15) is 0 Å². The highest BCUT2D eigenvalue weighted by Gasteiger charge is 2.16. The fraction of sp³-hybridized carbons (Fsp3) is 0.417. The molecular formula is C12H15NO4. The molecule has 1 atom stereocenters. The standard InChI is InChI=1S/C12H15NO4/c1-15-9-3-4-10(11(7-9)16-2)12(8-13)17-6-5-14/h3-4,7,12,14H,5-6H2,1-2H3. The Morgan fingerprint density at radius 3 is 2.65 bits per heavy atom. The van der Waals surface area contributed by atoms with Crippen LogP contribution in [-0.2, 0) is 4.74 Å². The zero-order valence-corrected chi connectivity index (χ0v) is 9.84. The monoisotopic (exact) mass is 237 g/mol. The number of benzene rings is 1. The van der Waals surface area contributed by atoms with Crippen LogP contribution < -0.4 is 9.47 Å². The average Bonchev–Trinajstić information content (AvgIpc) is 2.39. The van der Waals surface area contributed by atoms with Crippen molar-refractivity contribution in [1.29, 1.82) is 5.26 Å². The molecular weight excluding hydrogens is 222 g/mol. The summed E-state index contributed by atoms with van der Waals surface area (Å²) < 4.78 is 15.5. The lowest BCUT2D eigenvalue weighted by atomic mass is 10.1. The van der Waals surface area contributed by atoms with Gasteiger partial charge in [-0.15, -0.1) is 0 Å². The van der Waals surface area contributed by atoms with Crippen LogP contribution >= 0.6 is 0 Å². The molecule has 5 nitrogen and oxygen atoms in total. The zero-order chi connectivity index (χ0) is 12.7. The molecule has 92 valence electrons. The third-order valence-electron chi connectivity index (χ3n) is 2.22. The van der Waals surface area contributed by atoms with Crippen molar-refractivity contribution in [2.45, 2.75) is 6.10 Å². The first-order chi connectivity index (χ1) is 8.26. The maximum Gasteiger partial charge on any atom is 0.172 e. The lowest BCUT2D eigenvalue weighted by Crippen LogP contribution is -2.07. The van der Waals surface area contributed by atoms with Crippen molar-refractivity contribution in [3.8, 4) is 17.6 Å². The van der Waals surface area contributed by atoms with Gasteiger partial charge >= 0.3 is 0 Å². The Morgan fingerprint density at radius 1 is 1.35 bits per heavy atom. The molecule has 0 spiro atoms. The van der Waals surface area contributed by atoms with Gasteiger partial charge < -0.3 is 19.3 Å². The summed E-state index contributed by atoms with van der Waals surface area (Å²) in [5.74, 6) is 1.17. The summed E-state index contributed by atoms with van der Waals surface area (Å²) in [5.41, 5.74) is 0.615. The third-order valence-corrected chi connectivity index (χ3v) is 2.22. The zero-order valence-electron chi connectivity index (χ0n) is 9.84. The summed E-state index contributed by atoms with van der Waals surface area (Å²) in [4.78, 5) is 0. The van der Waals surface area contributed by atoms with Gasteiger partial charge in [-0.3, -0.25) is 0 Å². The molecule has 0 aliphatic carbocycles. The Morgan fingerprint density at radius 2 is 2.12 bits per heavy atom. The summed E-state index contributed by atoms with van der Waals surface area (Å²) >= 11 is 0. The predicted molar refractivity (Wildman–Crippen MR) is 60.9 cm³/mol. The molecule has 17 heavy (non-hydrogen) atoms. The predicted octanol–water partition coefficient (Wildman–Crippen LogP) is 1.28. The van der Waals surface area contributed by atoms with Crippen LogP contribution in [0, 0.1) is 11.3 Å². The van der Waals surface area contributed by atoms with Crippen molar-refractivity contribution in [3.05, 3.63) is 23.8 Å². The number of hydrogen-bond donors (Lipinski definition) is 1. The Hall–Kier alpha value is -1.77. The topological polar surface area (TPSA) is 71.7 Å². The quantitative estimate of drug-likeness (QED) is 0.806. The van der Waals surface area contributed by atoms with Crippen molar-refractivity contribution < 1.29 is 19.3 Å². The van der Waals surface area contributed by atoms with Crippen molar-refractivity contribution >= 4 is 0 Å². The van der Waals surface area contributed by atoms with E-state index in [1.165, 1.54) is 7.11 Å². The minimum atomic E-state index is -0.761. The van der Waals surface area contributed by atoms with Crippen LogP contribution in [-0.4, -0.2) is 32.5 Å². The molecule has 0 saturated carbocycles. The van der Waals surface area contributed by atoms with Gasteiger partial charge in [0.15, 0.2) is 6.10 Å². The Balaban J connectivity index is 2.98. The first-order valence-electron chi connectivity index (χ1n) is 5.10. The molecule has 0 aliphatic heterocycles. The number of methoxy groups -OCH3 is 2. The molecule has 1 unspecified atom stereocenters. The highest BCUT2D eigenvalue weighted by molar-refractivity contribution is 5.43. The van der Waals surface area contributed by atoms with Crippen LogP contribution in [0.3, 0.4) is 0 Å². The van der Waals surface area contributed by atoms with E-state index < -0.39 is 6.10 Å². The van der Waals surface area contributed by atoms with Crippen LogP contribution in [0.4, 0.5) is 0 Å². The van der Waals surface area contributed by atoms with Crippen LogP contribution in [0.2, 0.25) is 0 Å². The SMILES string of the molecule is COc1ccc(C(C#N)OCCO)c(OC)c1. The number of aliphatic hydroxyl groups is 1. The largest absolute Gasteiger partial charge is 0.497 e. The van der Waals surface area contributed by atoms with E-state index in [1.54, 1.807) is 25.3 Å². The second-order valence-corrected chi connectivity index (χ2v) is 3.21. The number of nitriles is 1. The maximum absolute atomic E-state index is 9.01. The molecule has 1 N–H and O–H groups in total. The normalized spacial score (nSPS) is 11.6. The van der Waals surface area contributed by atoms with Gasteiger partial charge in [0.1, 0.15) is 11.5 Å². The minimum Gasteiger partial charge on any atom is -0.497 e. The third kappa shape index (κ3) is 3.34. The van der Waals surface area contributed by atoms with Crippen LogP contribution in [0.1, 0.15) is 11.7 Å². The van der Waals surface area contributed by atoms with E-state index in [0.29, 0.717) is 17.1 Å². The first-order valence-corrected chi connectivity index (χ1v) is 5.10. The molecule has 0 saturated heterocycles. The van der Waals surface area contributed by atoms with E-state index in [4.69, 9.17) is 24.6 Å². The van der Waals surface area contributed by atoms with Gasteiger partial charge in [-0.1, -0.05) is 0 Å². The number of nitrogens with zero attached hydrogens (tertiary/aromatic N) is 1. The van der Waals surface area contributed by atoms with Gasteiger partial charge in [0.05, 0.1) is 33.5 Å². The fourth-order valence-electron chi connectivity index (χ4n) is 1.40. The van der Waals surface area contributed by atoms with Crippen molar-refractivity contribution in [2.24, 2.45) is 0 Å². The van der Waals surface area contributed by atoms with Crippen LogP contribution in [0.25, 0.3) is 0 Å². The smallest absolute Gasteiger partial charge is 0.172 e. The maximum atomic E-state index is 9.01. The second-order valence-electron chi connectivity index (χ2n) is 3.21. The Kier molecular flexibility index (Phi) is 5.27. The van der Waals surface area contributed by atoms with Crippen LogP contribution in [0.15, 0.2) is 18.2 Å². The Labute approximate surface area is 100 Å². The molecule has 1 aromatic rings. The number of aliphatic hydroxyl groups excluding tert-OH is 1. The molecule has 0 aliphatic rings. The summed E-state index contributed by atoms with van der Waals surface area (Å²) in [6.45, 7) is -0.0237. The van der Waals surface area contributed by atoms with Gasteiger partial charge in [-0.25, -0.2) is 0 Å². The van der Waals surface area contributed by atoms with Gasteiger partial charge in [0.2, 0.25) is 0 Å².